The zero-order valence-corrected chi connectivity index (χ0v) is 17.0. The number of rotatable bonds is 7. The van der Waals surface area contributed by atoms with Crippen LogP contribution >= 0.6 is 0 Å². The zero-order chi connectivity index (χ0) is 20.8. The van der Waals surface area contributed by atoms with E-state index < -0.39 is 0 Å². The Morgan fingerprint density at radius 3 is 2.24 bits per heavy atom. The van der Waals surface area contributed by atoms with Crippen LogP contribution in [0.25, 0.3) is 11.1 Å². The summed E-state index contributed by atoms with van der Waals surface area (Å²) in [4.78, 5) is 25.2. The molecule has 2 aromatic carbocycles. The molecule has 6 nitrogen and oxygen atoms in total. The van der Waals surface area contributed by atoms with Crippen molar-refractivity contribution in [3.05, 3.63) is 72.1 Å². The van der Waals surface area contributed by atoms with Gasteiger partial charge >= 0.3 is 0 Å². The number of anilines is 1. The van der Waals surface area contributed by atoms with Gasteiger partial charge in [0.25, 0.3) is 11.8 Å². The van der Waals surface area contributed by atoms with Gasteiger partial charge in [-0.15, -0.1) is 0 Å². The number of nitrogens with zero attached hydrogens (tertiary/aromatic N) is 2. The molecule has 6 heteroatoms. The Morgan fingerprint density at radius 2 is 1.62 bits per heavy atom. The minimum absolute atomic E-state index is 0.224. The molecule has 1 heterocycles. The number of nitrogens with one attached hydrogen (secondary N) is 2. The summed E-state index contributed by atoms with van der Waals surface area (Å²) < 4.78 is 1.64. The molecule has 29 heavy (non-hydrogen) atoms. The monoisotopic (exact) mass is 390 g/mol. The summed E-state index contributed by atoms with van der Waals surface area (Å²) in [7, 11) is 0. The molecule has 0 saturated heterocycles. The predicted octanol–water partition coefficient (Wildman–Crippen LogP) is 4.21. The molecule has 0 fully saturated rings. The molecule has 2 N–H and O–H groups in total. The lowest BCUT2D eigenvalue weighted by Gasteiger charge is -2.08. The molecule has 0 aliphatic rings. The second-order valence-electron chi connectivity index (χ2n) is 7.25. The average Bonchev–Trinajstić information content (AvgIpc) is 3.15. The van der Waals surface area contributed by atoms with Crippen molar-refractivity contribution in [2.24, 2.45) is 5.92 Å². The number of aryl methyl sites for hydroxylation is 1. The molecule has 3 rings (SSSR count). The molecule has 0 aliphatic heterocycles. The maximum atomic E-state index is 12.7. The van der Waals surface area contributed by atoms with Crippen molar-refractivity contribution in [1.82, 2.24) is 15.1 Å². The first kappa shape index (κ1) is 20.3. The third-order valence-corrected chi connectivity index (χ3v) is 4.47. The van der Waals surface area contributed by atoms with Crippen molar-refractivity contribution in [3.8, 4) is 11.1 Å². The van der Waals surface area contributed by atoms with Crippen molar-refractivity contribution in [1.29, 1.82) is 0 Å². The average molecular weight is 390 g/mol. The Hall–Kier alpha value is -3.41. The quantitative estimate of drug-likeness (QED) is 0.635. The fourth-order valence-corrected chi connectivity index (χ4v) is 2.86. The fraction of sp³-hybridized carbons (Fsp3) is 0.261. The highest BCUT2D eigenvalue weighted by molar-refractivity contribution is 6.08. The van der Waals surface area contributed by atoms with E-state index in [2.05, 4.69) is 15.7 Å². The lowest BCUT2D eigenvalue weighted by molar-refractivity contribution is 0.0944. The molecule has 1 aromatic heterocycles. The van der Waals surface area contributed by atoms with Crippen LogP contribution in [0.3, 0.4) is 0 Å². The molecule has 150 valence electrons. The predicted molar refractivity (Wildman–Crippen MR) is 115 cm³/mol. The number of carbonyl (C=O) groups is 2. The number of carbonyl (C=O) groups excluding carboxylic acids is 2. The van der Waals surface area contributed by atoms with Crippen LogP contribution in [0.1, 0.15) is 41.6 Å². The Kier molecular flexibility index (Phi) is 6.44. The minimum Gasteiger partial charge on any atom is -0.350 e. The summed E-state index contributed by atoms with van der Waals surface area (Å²) in [5.74, 6) is -0.243. The van der Waals surface area contributed by atoms with Crippen molar-refractivity contribution < 1.29 is 9.59 Å². The maximum absolute atomic E-state index is 12.7. The van der Waals surface area contributed by atoms with Crippen molar-refractivity contribution >= 4 is 17.5 Å². The minimum atomic E-state index is -0.291. The van der Waals surface area contributed by atoms with E-state index in [1.54, 1.807) is 23.0 Å². The normalized spacial score (nSPS) is 10.8. The van der Waals surface area contributed by atoms with Crippen LogP contribution in [0.5, 0.6) is 0 Å². The zero-order valence-electron chi connectivity index (χ0n) is 17.0. The van der Waals surface area contributed by atoms with Gasteiger partial charge in [0, 0.05) is 24.8 Å². The molecular formula is C23H26N4O2. The van der Waals surface area contributed by atoms with Gasteiger partial charge in [-0.3, -0.25) is 14.3 Å². The summed E-state index contributed by atoms with van der Waals surface area (Å²) >= 11 is 0. The Bertz CT molecular complexity index is 976. The second-order valence-corrected chi connectivity index (χ2v) is 7.25. The van der Waals surface area contributed by atoms with Crippen molar-refractivity contribution in [2.45, 2.75) is 27.3 Å². The van der Waals surface area contributed by atoms with Gasteiger partial charge in [-0.1, -0.05) is 56.3 Å². The molecule has 2 amide bonds. The molecular weight excluding hydrogens is 364 g/mol. The van der Waals surface area contributed by atoms with E-state index in [1.165, 1.54) is 0 Å². The van der Waals surface area contributed by atoms with E-state index >= 15 is 0 Å². The summed E-state index contributed by atoms with van der Waals surface area (Å²) in [6.45, 7) is 7.12. The van der Waals surface area contributed by atoms with E-state index in [-0.39, 0.29) is 17.5 Å². The topological polar surface area (TPSA) is 76.0 Å². The van der Waals surface area contributed by atoms with Crippen molar-refractivity contribution in [3.63, 3.8) is 0 Å². The standard InChI is InChI=1S/C23H26N4O2/c1-4-27-15-20(21(26-27)23(29)24-14-16(2)3)25-22(28)19-12-10-18(11-13-19)17-8-6-5-7-9-17/h5-13,15-16H,4,14H2,1-3H3,(H,24,29)(H,25,28). The largest absolute Gasteiger partial charge is 0.350 e. The first-order valence-electron chi connectivity index (χ1n) is 9.80. The highest BCUT2D eigenvalue weighted by Crippen LogP contribution is 2.20. The van der Waals surface area contributed by atoms with Gasteiger partial charge in [-0.25, -0.2) is 0 Å². The van der Waals surface area contributed by atoms with Crippen LogP contribution < -0.4 is 10.6 Å². The molecule has 0 unspecified atom stereocenters. The van der Waals surface area contributed by atoms with Gasteiger partial charge < -0.3 is 10.6 Å². The van der Waals surface area contributed by atoms with Crippen LogP contribution in [0.2, 0.25) is 0 Å². The molecule has 0 spiro atoms. The van der Waals surface area contributed by atoms with Gasteiger partial charge in [-0.05, 0) is 36.1 Å². The van der Waals surface area contributed by atoms with E-state index in [0.717, 1.165) is 11.1 Å². The molecule has 0 saturated carbocycles. The molecule has 3 aromatic rings. The molecule has 0 aliphatic carbocycles. The maximum Gasteiger partial charge on any atom is 0.273 e. The van der Waals surface area contributed by atoms with Crippen LogP contribution in [0, 0.1) is 5.92 Å². The molecule has 0 radical (unpaired) electrons. The third kappa shape index (κ3) is 5.10. The van der Waals surface area contributed by atoms with E-state index in [4.69, 9.17) is 0 Å². The molecule has 0 bridgehead atoms. The van der Waals surface area contributed by atoms with E-state index in [0.29, 0.717) is 30.3 Å². The Balaban J connectivity index is 1.76. The summed E-state index contributed by atoms with van der Waals surface area (Å²) in [6, 6.07) is 17.4. The first-order chi connectivity index (χ1) is 14.0. The first-order valence-corrected chi connectivity index (χ1v) is 9.80. The van der Waals surface area contributed by atoms with Gasteiger partial charge in [0.15, 0.2) is 5.69 Å². The van der Waals surface area contributed by atoms with Crippen molar-refractivity contribution in [2.75, 3.05) is 11.9 Å². The van der Waals surface area contributed by atoms with E-state index in [9.17, 15) is 9.59 Å². The number of amides is 2. The molecule has 0 atom stereocenters. The summed E-state index contributed by atoms with van der Waals surface area (Å²) in [6.07, 6.45) is 1.68. The number of benzene rings is 2. The van der Waals surface area contributed by atoms with Gasteiger partial charge in [0.2, 0.25) is 0 Å². The number of hydrogen-bond acceptors (Lipinski definition) is 3. The van der Waals surface area contributed by atoms with E-state index in [1.807, 2.05) is 63.2 Å². The van der Waals surface area contributed by atoms with Crippen LogP contribution in [0.4, 0.5) is 5.69 Å². The lowest BCUT2D eigenvalue weighted by Crippen LogP contribution is -2.28. The lowest BCUT2D eigenvalue weighted by atomic mass is 10.0. The van der Waals surface area contributed by atoms with Crippen LogP contribution in [0.15, 0.2) is 60.8 Å². The summed E-state index contributed by atoms with van der Waals surface area (Å²) in [5, 5.41) is 9.97. The SMILES string of the molecule is CCn1cc(NC(=O)c2ccc(-c3ccccc3)cc2)c(C(=O)NCC(C)C)n1. The number of hydrogen-bond donors (Lipinski definition) is 2. The van der Waals surface area contributed by atoms with Gasteiger partial charge in [0.1, 0.15) is 0 Å². The van der Waals surface area contributed by atoms with Crippen LogP contribution in [-0.4, -0.2) is 28.1 Å². The fourth-order valence-electron chi connectivity index (χ4n) is 2.86. The third-order valence-electron chi connectivity index (χ3n) is 4.47. The van der Waals surface area contributed by atoms with Gasteiger partial charge in [-0.2, -0.15) is 5.10 Å². The highest BCUT2D eigenvalue weighted by Gasteiger charge is 2.19. The Morgan fingerprint density at radius 1 is 0.966 bits per heavy atom. The highest BCUT2D eigenvalue weighted by atomic mass is 16.2. The second kappa shape index (κ2) is 9.19. The smallest absolute Gasteiger partial charge is 0.273 e. The summed E-state index contributed by atoms with van der Waals surface area (Å²) in [5.41, 5.74) is 3.27. The number of aromatic nitrogens is 2. The van der Waals surface area contributed by atoms with Crippen LogP contribution in [-0.2, 0) is 6.54 Å². The Labute approximate surface area is 170 Å². The van der Waals surface area contributed by atoms with Gasteiger partial charge in [0.05, 0.1) is 5.69 Å².